The van der Waals surface area contributed by atoms with Crippen LogP contribution in [0.25, 0.3) is 11.4 Å². The molecule has 2 aliphatic carbocycles. The number of hydrogen-bond acceptors (Lipinski definition) is 5. The second kappa shape index (κ2) is 7.49. The van der Waals surface area contributed by atoms with Gasteiger partial charge in [-0.1, -0.05) is 30.1 Å². The number of nitrogens with zero attached hydrogens (tertiary/aromatic N) is 3. The summed E-state index contributed by atoms with van der Waals surface area (Å²) in [4.78, 5) is 30.4. The van der Waals surface area contributed by atoms with Crippen LogP contribution < -0.4 is 5.32 Å². The largest absolute Gasteiger partial charge is 0.471 e. The fourth-order valence-electron chi connectivity index (χ4n) is 4.62. The summed E-state index contributed by atoms with van der Waals surface area (Å²) in [7, 11) is 0. The van der Waals surface area contributed by atoms with Crippen molar-refractivity contribution in [3.63, 3.8) is 0 Å². The van der Waals surface area contributed by atoms with Crippen molar-refractivity contribution in [3.8, 4) is 11.4 Å². The van der Waals surface area contributed by atoms with Crippen LogP contribution in [0.2, 0.25) is 0 Å². The van der Waals surface area contributed by atoms with Crippen molar-refractivity contribution in [1.82, 2.24) is 20.4 Å². The van der Waals surface area contributed by atoms with Crippen molar-refractivity contribution in [3.05, 3.63) is 35.2 Å². The molecule has 1 aromatic heterocycles. The SMILES string of the molecule is O=C(N[C@@H]1CCCC[C@H]1N1Cc2ccc(-c3noc(C(F)(F)F)n3)cc2C1=O)[C@@H]1CC1(F)F. The third-order valence-corrected chi connectivity index (χ3v) is 6.47. The van der Waals surface area contributed by atoms with Crippen molar-refractivity contribution in [2.45, 2.75) is 62.8 Å². The molecule has 0 spiro atoms. The Kier molecular flexibility index (Phi) is 4.94. The first-order valence-electron chi connectivity index (χ1n) is 10.6. The number of halogens is 5. The Morgan fingerprint density at radius 3 is 2.61 bits per heavy atom. The predicted molar refractivity (Wildman–Crippen MR) is 102 cm³/mol. The Balaban J connectivity index is 1.34. The second-order valence-corrected chi connectivity index (χ2v) is 8.71. The number of hydrogen-bond donors (Lipinski definition) is 1. The van der Waals surface area contributed by atoms with Gasteiger partial charge < -0.3 is 14.7 Å². The molecule has 2 aromatic rings. The number of nitrogens with one attached hydrogen (secondary N) is 1. The highest BCUT2D eigenvalue weighted by molar-refractivity contribution is 5.99. The Labute approximate surface area is 184 Å². The molecular weight excluding hydrogens is 451 g/mol. The van der Waals surface area contributed by atoms with Crippen LogP contribution in [0.3, 0.4) is 0 Å². The fourth-order valence-corrected chi connectivity index (χ4v) is 4.62. The van der Waals surface area contributed by atoms with Crippen molar-refractivity contribution < 1.29 is 36.1 Å². The van der Waals surface area contributed by atoms with Crippen LogP contribution in [0.15, 0.2) is 22.7 Å². The minimum absolute atomic E-state index is 0.202. The maximum absolute atomic E-state index is 13.3. The van der Waals surface area contributed by atoms with E-state index in [4.69, 9.17) is 0 Å². The van der Waals surface area contributed by atoms with Crippen molar-refractivity contribution in [2.75, 3.05) is 0 Å². The molecule has 3 aliphatic rings. The van der Waals surface area contributed by atoms with Gasteiger partial charge in [-0.05, 0) is 24.5 Å². The molecule has 0 radical (unpaired) electrons. The number of benzene rings is 1. The van der Waals surface area contributed by atoms with Crippen LogP contribution >= 0.6 is 0 Å². The highest BCUT2D eigenvalue weighted by atomic mass is 19.4. The summed E-state index contributed by atoms with van der Waals surface area (Å²) >= 11 is 0. The van der Waals surface area contributed by atoms with Gasteiger partial charge in [0.2, 0.25) is 11.7 Å². The number of rotatable bonds is 4. The van der Waals surface area contributed by atoms with E-state index >= 15 is 0 Å². The summed E-state index contributed by atoms with van der Waals surface area (Å²) in [5.74, 6) is -7.08. The molecule has 3 atom stereocenters. The van der Waals surface area contributed by atoms with Crippen LogP contribution in [0.5, 0.6) is 0 Å². The zero-order valence-corrected chi connectivity index (χ0v) is 17.2. The minimum atomic E-state index is -4.78. The molecule has 176 valence electrons. The smallest absolute Gasteiger partial charge is 0.351 e. The van der Waals surface area contributed by atoms with E-state index in [1.54, 1.807) is 11.0 Å². The lowest BCUT2D eigenvalue weighted by molar-refractivity contribution is -0.159. The Morgan fingerprint density at radius 2 is 1.94 bits per heavy atom. The molecule has 2 heterocycles. The van der Waals surface area contributed by atoms with E-state index in [0.717, 1.165) is 12.8 Å². The zero-order valence-electron chi connectivity index (χ0n) is 17.2. The van der Waals surface area contributed by atoms with Crippen molar-refractivity contribution >= 4 is 11.8 Å². The third kappa shape index (κ3) is 3.95. The van der Waals surface area contributed by atoms with Crippen molar-refractivity contribution in [2.24, 2.45) is 5.92 Å². The van der Waals surface area contributed by atoms with Gasteiger partial charge in [0.05, 0.1) is 6.04 Å². The highest BCUT2D eigenvalue weighted by Gasteiger charge is 2.61. The Bertz CT molecular complexity index is 1120. The molecule has 0 bridgehead atoms. The number of fused-ring (bicyclic) bond motifs is 1. The Morgan fingerprint density at radius 1 is 1.21 bits per heavy atom. The van der Waals surface area contributed by atoms with Gasteiger partial charge in [-0.3, -0.25) is 9.59 Å². The standard InChI is InChI=1S/C21H19F5N4O3/c22-20(23)8-13(20)17(31)27-14-3-1-2-4-15(14)30-9-11-6-5-10(7-12(11)18(30)32)16-28-19(33-29-16)21(24,25)26/h5-7,13-15H,1-4,8-9H2,(H,27,31)/t13-,14+,15+/m0/s1. The summed E-state index contributed by atoms with van der Waals surface area (Å²) in [5.41, 5.74) is 1.18. The summed E-state index contributed by atoms with van der Waals surface area (Å²) < 4.78 is 69.1. The first kappa shape index (κ1) is 21.8. The van der Waals surface area contributed by atoms with Gasteiger partial charge in [-0.25, -0.2) is 8.78 Å². The normalized spacial score (nSPS) is 26.3. The molecular formula is C21H19F5N4O3. The van der Waals surface area contributed by atoms with E-state index < -0.39 is 42.3 Å². The molecule has 1 N–H and O–H groups in total. The number of aromatic nitrogens is 2. The molecule has 1 aromatic carbocycles. The predicted octanol–water partition coefficient (Wildman–Crippen LogP) is 3.79. The van der Waals surface area contributed by atoms with Gasteiger partial charge in [0.25, 0.3) is 11.8 Å². The lowest BCUT2D eigenvalue weighted by Crippen LogP contribution is -2.53. The van der Waals surface area contributed by atoms with E-state index in [9.17, 15) is 31.5 Å². The molecule has 7 nitrogen and oxygen atoms in total. The molecule has 1 aliphatic heterocycles. The number of alkyl halides is 5. The second-order valence-electron chi connectivity index (χ2n) is 8.71. The maximum atomic E-state index is 13.3. The first-order valence-corrected chi connectivity index (χ1v) is 10.6. The molecule has 12 heteroatoms. The Hall–Kier alpha value is -3.05. The van der Waals surface area contributed by atoms with Crippen LogP contribution in [-0.2, 0) is 17.5 Å². The van der Waals surface area contributed by atoms with E-state index in [1.807, 2.05) is 0 Å². The zero-order chi connectivity index (χ0) is 23.5. The van der Waals surface area contributed by atoms with Gasteiger partial charge in [-0.2, -0.15) is 18.2 Å². The van der Waals surface area contributed by atoms with Gasteiger partial charge in [0.15, 0.2) is 0 Å². The molecule has 33 heavy (non-hydrogen) atoms. The van der Waals surface area contributed by atoms with Gasteiger partial charge in [0, 0.05) is 30.1 Å². The highest BCUT2D eigenvalue weighted by Crippen LogP contribution is 2.48. The average Bonchev–Trinajstić information content (AvgIpc) is 3.09. The molecule has 2 amide bonds. The maximum Gasteiger partial charge on any atom is 0.471 e. The summed E-state index contributed by atoms with van der Waals surface area (Å²) in [6.07, 6.45) is -2.42. The summed E-state index contributed by atoms with van der Waals surface area (Å²) in [5, 5.41) is 6.06. The lowest BCUT2D eigenvalue weighted by Gasteiger charge is -2.38. The lowest BCUT2D eigenvalue weighted by atomic mass is 9.89. The van der Waals surface area contributed by atoms with Gasteiger partial charge >= 0.3 is 12.1 Å². The van der Waals surface area contributed by atoms with E-state index in [2.05, 4.69) is 20.0 Å². The quantitative estimate of drug-likeness (QED) is 0.687. The van der Waals surface area contributed by atoms with Crippen LogP contribution in [0.4, 0.5) is 22.0 Å². The fraction of sp³-hybridized carbons (Fsp3) is 0.524. The molecule has 0 unspecified atom stereocenters. The molecule has 2 saturated carbocycles. The van der Waals surface area contributed by atoms with Crippen molar-refractivity contribution in [1.29, 1.82) is 0 Å². The van der Waals surface area contributed by atoms with Gasteiger partial charge in [-0.15, -0.1) is 0 Å². The molecule has 2 fully saturated rings. The average molecular weight is 470 g/mol. The first-order chi connectivity index (χ1) is 15.5. The number of carbonyl (C=O) groups is 2. The van der Waals surface area contributed by atoms with Gasteiger partial charge in [0.1, 0.15) is 5.92 Å². The summed E-state index contributed by atoms with van der Waals surface area (Å²) in [6, 6.07) is 3.75. The van der Waals surface area contributed by atoms with Crippen LogP contribution in [-0.4, -0.2) is 44.9 Å². The third-order valence-electron chi connectivity index (χ3n) is 6.47. The topological polar surface area (TPSA) is 88.3 Å². The monoisotopic (exact) mass is 470 g/mol. The number of amides is 2. The van der Waals surface area contributed by atoms with Crippen LogP contribution in [0.1, 0.15) is 53.9 Å². The van der Waals surface area contributed by atoms with Crippen LogP contribution in [0, 0.1) is 5.92 Å². The van der Waals surface area contributed by atoms with E-state index in [1.165, 1.54) is 12.1 Å². The minimum Gasteiger partial charge on any atom is -0.351 e. The van der Waals surface area contributed by atoms with E-state index in [0.29, 0.717) is 24.0 Å². The molecule has 5 rings (SSSR count). The number of carbonyl (C=O) groups excluding carboxylic acids is 2. The molecule has 0 saturated heterocycles. The summed E-state index contributed by atoms with van der Waals surface area (Å²) in [6.45, 7) is 0.255. The van der Waals surface area contributed by atoms with E-state index in [-0.39, 0.29) is 29.9 Å².